The topological polar surface area (TPSA) is 317 Å². The molecule has 4 bridgehead atoms. The first-order valence-corrected chi connectivity index (χ1v) is 29.8. The number of urea groups is 1. The molecule has 28 heteroatoms. The van der Waals surface area contributed by atoms with E-state index in [1.165, 1.54) is 26.2 Å². The van der Waals surface area contributed by atoms with Crippen molar-refractivity contribution in [3.63, 3.8) is 0 Å². The highest BCUT2D eigenvalue weighted by molar-refractivity contribution is 9.09. The Labute approximate surface area is 508 Å². The first-order chi connectivity index (χ1) is 39.7. The lowest BCUT2D eigenvalue weighted by atomic mass is 9.83. The minimum atomic E-state index is -1.96. The van der Waals surface area contributed by atoms with Gasteiger partial charge < -0.3 is 64.9 Å². The Morgan fingerprint density at radius 1 is 1.01 bits per heavy atom. The predicted molar refractivity (Wildman–Crippen MR) is 314 cm³/mol. The smallest absolute Gasteiger partial charge is 0.412 e. The Morgan fingerprint density at radius 3 is 2.31 bits per heavy atom. The number of carbonyl (C=O) groups excluding carboxylic acids is 8. The van der Waals surface area contributed by atoms with Crippen molar-refractivity contribution >= 4 is 109 Å². The van der Waals surface area contributed by atoms with E-state index in [1.807, 2.05) is 6.92 Å². The molecule has 3 aliphatic heterocycles. The number of fused-ring (bicyclic) bond motifs is 5. The molecule has 1 unspecified atom stereocenters. The normalized spacial score (nSPS) is 24.6. The summed E-state index contributed by atoms with van der Waals surface area (Å²) < 4.78 is 66.4. The number of unbranched alkanes of at least 4 members (excludes halogenated alkanes) is 1. The molecule has 3 aliphatic rings. The molecule has 0 saturated carbocycles. The van der Waals surface area contributed by atoms with Crippen molar-refractivity contribution in [3.05, 3.63) is 70.3 Å². The molecular formula is C56H75Br2ClF2N8O15. The van der Waals surface area contributed by atoms with Gasteiger partial charge in [0.15, 0.2) is 5.72 Å². The highest BCUT2D eigenvalue weighted by Gasteiger charge is 2.64. The number of carbonyl (C=O) groups is 8. The number of aliphatic hydroxyl groups is 1. The minimum Gasteiger partial charge on any atom is -0.495 e. The number of anilines is 3. The molecule has 0 aliphatic carbocycles. The number of allylic oxidation sites excluding steroid dienone is 3. The number of nitrogens with two attached hydrogens (primary N) is 1. The SMILES string of the molecule is COc1cc2cc(c1Cl)N(C)C(=O)C[C@H](OC(=O)Nc1cc(F)c(NC(=O)[C@H](CCCNC(N)=O)NC(=O)[C@@H](NC(C=O)CCCCOC(=O)C(CBr)CBr)C(C)C)cc1F)[C@]1(C)O[C@H]1[C@H](C)[C@@H]1C[C@@](O)(NC(=O)O1)[C@H](OC)/C=C/C=C(\C)C2. The van der Waals surface area contributed by atoms with E-state index in [9.17, 15) is 43.5 Å². The molecule has 464 valence electrons. The lowest BCUT2D eigenvalue weighted by Gasteiger charge is -2.42. The van der Waals surface area contributed by atoms with E-state index in [1.54, 1.807) is 58.1 Å². The van der Waals surface area contributed by atoms with Gasteiger partial charge in [0, 0.05) is 55.8 Å². The highest BCUT2D eigenvalue weighted by atomic mass is 79.9. The summed E-state index contributed by atoms with van der Waals surface area (Å²) in [4.78, 5) is 106. The number of primary amides is 1. The van der Waals surface area contributed by atoms with Crippen molar-refractivity contribution in [1.29, 1.82) is 0 Å². The van der Waals surface area contributed by atoms with Crippen LogP contribution in [0.3, 0.4) is 0 Å². The number of rotatable bonds is 24. The van der Waals surface area contributed by atoms with Crippen LogP contribution >= 0.6 is 43.5 Å². The summed E-state index contributed by atoms with van der Waals surface area (Å²) >= 11 is 13.3. The molecule has 10 atom stereocenters. The van der Waals surface area contributed by atoms with Crippen molar-refractivity contribution in [1.82, 2.24) is 21.3 Å². The average molecular weight is 1330 g/mol. The van der Waals surface area contributed by atoms with E-state index in [4.69, 9.17) is 45.8 Å². The molecule has 3 heterocycles. The van der Waals surface area contributed by atoms with Crippen LogP contribution in [-0.2, 0) is 54.1 Å². The number of epoxide rings is 1. The second-order valence-corrected chi connectivity index (χ2v) is 23.1. The number of amides is 7. The van der Waals surface area contributed by atoms with E-state index in [0.717, 1.165) is 5.57 Å². The molecule has 2 aromatic rings. The fourth-order valence-corrected chi connectivity index (χ4v) is 11.7. The summed E-state index contributed by atoms with van der Waals surface area (Å²) in [6.07, 6.45) is -0.365. The number of nitrogens with zero attached hydrogens (tertiary/aromatic N) is 1. The molecule has 2 aromatic carbocycles. The molecule has 2 saturated heterocycles. The third-order valence-corrected chi connectivity index (χ3v) is 16.7. The van der Waals surface area contributed by atoms with Crippen molar-refractivity contribution in [3.8, 4) is 5.75 Å². The second kappa shape index (κ2) is 31.4. The summed E-state index contributed by atoms with van der Waals surface area (Å²) in [5.74, 6) is -6.48. The van der Waals surface area contributed by atoms with Gasteiger partial charge in [-0.2, -0.15) is 0 Å². The molecule has 84 heavy (non-hydrogen) atoms. The third kappa shape index (κ3) is 18.5. The summed E-state index contributed by atoms with van der Waals surface area (Å²) in [7, 11) is 4.23. The maximum absolute atomic E-state index is 16.1. The number of alkyl halides is 2. The molecule has 0 aromatic heterocycles. The number of nitrogens with one attached hydrogen (secondary N) is 6. The number of hydrogen-bond donors (Lipinski definition) is 8. The lowest BCUT2D eigenvalue weighted by Crippen LogP contribution is -2.63. The molecule has 7 amide bonds. The Bertz CT molecular complexity index is 2780. The van der Waals surface area contributed by atoms with E-state index in [-0.39, 0.29) is 67.2 Å². The zero-order chi connectivity index (χ0) is 62.2. The van der Waals surface area contributed by atoms with Crippen LogP contribution in [0, 0.1) is 29.4 Å². The van der Waals surface area contributed by atoms with E-state index in [0.29, 0.717) is 53.9 Å². The highest BCUT2D eigenvalue weighted by Crippen LogP contribution is 2.49. The standard InChI is InChI=1S/C56H75Br2ClF2N8O15/c1-29(2)47(64-34(28-70)14-9-10-18-81-51(74)33(26-57)27-58)50(73)65-37(15-12-17-63-52(62)75)49(72)66-38-22-36(61)39(23-35(38)60)67-53(76)83-44-24-45(71)69(6)40-20-32(21-41(79-7)46(40)59)19-30(3)13-11-16-43(80-8)56(78)25-42(82-54(77)68-56)31(4)48-55(44,5)84-48/h11,13,16,20-23,28-29,31,33-34,37,42-44,47-48,64,78H,9-10,12,14-15,17-19,24-27H2,1-8H3,(H,65,73)(H,66,72)(H,67,76)(H,68,77)(H3,62,63,75)/b16-11+,30-13+/t31-,34?,37+,42+,43-,44+,47+,48+,55+,56+/m1/s1. The van der Waals surface area contributed by atoms with Crippen LogP contribution in [0.15, 0.2) is 48.1 Å². The largest absolute Gasteiger partial charge is 0.495 e. The van der Waals surface area contributed by atoms with E-state index >= 15 is 8.78 Å². The predicted octanol–water partition coefficient (Wildman–Crippen LogP) is 6.82. The Hall–Kier alpha value is -5.97. The van der Waals surface area contributed by atoms with Gasteiger partial charge in [0.05, 0.1) is 61.3 Å². The summed E-state index contributed by atoms with van der Waals surface area (Å²) in [5.41, 5.74) is 2.08. The number of aldehydes is 1. The molecular weight excluding hydrogens is 1260 g/mol. The Balaban J connectivity index is 1.36. The first-order valence-electron chi connectivity index (χ1n) is 27.2. The second-order valence-electron chi connectivity index (χ2n) is 21.4. The molecule has 9 N–H and O–H groups in total. The fraction of sp³-hybridized carbons (Fsp3) is 0.571. The molecule has 2 fully saturated rings. The minimum absolute atomic E-state index is 0.0210. The summed E-state index contributed by atoms with van der Waals surface area (Å²) in [6, 6.07) is 0.438. The van der Waals surface area contributed by atoms with Crippen molar-refractivity contribution in [2.45, 2.75) is 140 Å². The first kappa shape index (κ1) is 68.8. The summed E-state index contributed by atoms with van der Waals surface area (Å²) in [5, 5.41) is 27.7. The monoisotopic (exact) mass is 1330 g/mol. The average Bonchev–Trinajstić information content (AvgIpc) is 2.37. The number of benzene rings is 2. The van der Waals surface area contributed by atoms with E-state index in [2.05, 4.69) is 63.8 Å². The van der Waals surface area contributed by atoms with Crippen LogP contribution in [0.4, 0.5) is 40.2 Å². The number of esters is 1. The number of ether oxygens (including phenoxy) is 6. The molecule has 0 spiro atoms. The quantitative estimate of drug-likeness (QED) is 0.0133. The van der Waals surface area contributed by atoms with Crippen molar-refractivity contribution < 1.29 is 80.7 Å². The van der Waals surface area contributed by atoms with Gasteiger partial charge in [-0.1, -0.05) is 88.0 Å². The van der Waals surface area contributed by atoms with Gasteiger partial charge in [0.1, 0.15) is 58.6 Å². The third-order valence-electron chi connectivity index (χ3n) is 14.7. The number of hydrogen-bond acceptors (Lipinski definition) is 16. The van der Waals surface area contributed by atoms with Gasteiger partial charge in [-0.15, -0.1) is 0 Å². The zero-order valence-electron chi connectivity index (χ0n) is 48.0. The van der Waals surface area contributed by atoms with Gasteiger partial charge in [-0.25, -0.2) is 23.2 Å². The number of methoxy groups -OCH3 is 2. The van der Waals surface area contributed by atoms with Gasteiger partial charge in [-0.3, -0.25) is 35.1 Å². The number of alkyl carbamates (subject to hydrolysis) is 1. The summed E-state index contributed by atoms with van der Waals surface area (Å²) in [6.45, 7) is 8.59. The maximum Gasteiger partial charge on any atom is 0.412 e. The molecule has 5 rings (SSSR count). The van der Waals surface area contributed by atoms with Crippen LogP contribution in [0.5, 0.6) is 5.75 Å². The van der Waals surface area contributed by atoms with Gasteiger partial charge in [0.25, 0.3) is 0 Å². The number of halogens is 5. The van der Waals surface area contributed by atoms with Crippen LogP contribution in [0.2, 0.25) is 5.02 Å². The van der Waals surface area contributed by atoms with Crippen LogP contribution < -0.4 is 47.3 Å². The van der Waals surface area contributed by atoms with Gasteiger partial charge in [-0.05, 0) is 76.0 Å². The van der Waals surface area contributed by atoms with Crippen molar-refractivity contribution in [2.75, 3.05) is 60.6 Å². The molecule has 23 nitrogen and oxygen atoms in total. The Kier molecular flexibility index (Phi) is 25.7. The fourth-order valence-electron chi connectivity index (χ4n) is 9.80. The molecule has 0 radical (unpaired) electrons. The Morgan fingerprint density at radius 2 is 1.69 bits per heavy atom. The van der Waals surface area contributed by atoms with Crippen LogP contribution in [0.1, 0.15) is 85.1 Å². The van der Waals surface area contributed by atoms with Crippen molar-refractivity contribution in [2.24, 2.45) is 23.5 Å². The van der Waals surface area contributed by atoms with Crippen LogP contribution in [0.25, 0.3) is 0 Å². The van der Waals surface area contributed by atoms with Gasteiger partial charge in [0.2, 0.25) is 17.7 Å². The lowest BCUT2D eigenvalue weighted by molar-refractivity contribution is -0.147. The van der Waals surface area contributed by atoms with E-state index < -0.39 is 131 Å². The maximum atomic E-state index is 16.1. The zero-order valence-corrected chi connectivity index (χ0v) is 51.9. The van der Waals surface area contributed by atoms with Crippen LogP contribution in [-0.4, -0.2) is 152 Å². The van der Waals surface area contributed by atoms with Gasteiger partial charge >= 0.3 is 24.2 Å².